The van der Waals surface area contributed by atoms with E-state index in [1.165, 1.54) is 16.3 Å². The maximum Gasteiger partial charge on any atom is 0.0767 e. The Kier molecular flexibility index (Phi) is 4.93. The molecule has 102 valence electrons. The van der Waals surface area contributed by atoms with E-state index in [0.717, 1.165) is 23.1 Å². The second-order valence-electron chi connectivity index (χ2n) is 4.24. The first-order valence-corrected chi connectivity index (χ1v) is 8.26. The number of hydrogen-bond acceptors (Lipinski definition) is 3. The van der Waals surface area contributed by atoms with E-state index in [0.29, 0.717) is 0 Å². The average Bonchev–Trinajstić information content (AvgIpc) is 2.71. The van der Waals surface area contributed by atoms with Crippen molar-refractivity contribution < 1.29 is 0 Å². The van der Waals surface area contributed by atoms with Gasteiger partial charge < -0.3 is 5.32 Å². The van der Waals surface area contributed by atoms with Crippen molar-refractivity contribution in [1.82, 2.24) is 9.78 Å². The van der Waals surface area contributed by atoms with Crippen molar-refractivity contribution in [1.29, 1.82) is 0 Å². The molecule has 0 saturated carbocycles. The number of thioether (sulfide) groups is 1. The highest BCUT2D eigenvalue weighted by atomic mass is 79.9. The van der Waals surface area contributed by atoms with Gasteiger partial charge in [-0.05, 0) is 40.7 Å². The van der Waals surface area contributed by atoms with Crippen molar-refractivity contribution in [3.8, 4) is 0 Å². The van der Waals surface area contributed by atoms with E-state index in [1.54, 1.807) is 11.8 Å². The van der Waals surface area contributed by atoms with E-state index in [4.69, 9.17) is 0 Å². The molecule has 0 bridgehead atoms. The lowest BCUT2D eigenvalue weighted by molar-refractivity contribution is 0.706. The molecule has 1 heterocycles. The number of anilines is 1. The van der Waals surface area contributed by atoms with Crippen molar-refractivity contribution >= 4 is 33.4 Å². The first-order chi connectivity index (χ1) is 9.17. The largest absolute Gasteiger partial charge is 0.378 e. The quantitative estimate of drug-likeness (QED) is 0.832. The van der Waals surface area contributed by atoms with Crippen LogP contribution in [-0.2, 0) is 20.0 Å². The van der Waals surface area contributed by atoms with Gasteiger partial charge in [0.1, 0.15) is 0 Å². The van der Waals surface area contributed by atoms with Crippen molar-refractivity contribution in [3.63, 3.8) is 0 Å². The minimum Gasteiger partial charge on any atom is -0.378 e. The van der Waals surface area contributed by atoms with Gasteiger partial charge in [0.25, 0.3) is 0 Å². The van der Waals surface area contributed by atoms with E-state index in [2.05, 4.69) is 63.8 Å². The van der Waals surface area contributed by atoms with Gasteiger partial charge in [0.15, 0.2) is 0 Å². The number of nitrogens with zero attached hydrogens (tertiary/aromatic N) is 2. The molecule has 2 rings (SSSR count). The molecule has 19 heavy (non-hydrogen) atoms. The summed E-state index contributed by atoms with van der Waals surface area (Å²) in [7, 11) is 1.99. The van der Waals surface area contributed by atoms with Gasteiger partial charge in [0.05, 0.1) is 22.4 Å². The summed E-state index contributed by atoms with van der Waals surface area (Å²) in [6, 6.07) is 8.35. The monoisotopic (exact) mass is 339 g/mol. The molecule has 5 heteroatoms. The Bertz CT molecular complexity index is 566. The maximum absolute atomic E-state index is 4.51. The normalized spacial score (nSPS) is 10.7. The lowest BCUT2D eigenvalue weighted by atomic mass is 10.3. The number of nitrogens with one attached hydrogen (secondary N) is 1. The molecule has 0 unspecified atom stereocenters. The third-order valence-electron chi connectivity index (χ3n) is 3.06. The van der Waals surface area contributed by atoms with Crippen LogP contribution in [0.4, 0.5) is 5.69 Å². The predicted octanol–water partition coefficient (Wildman–Crippen LogP) is 4.08. The summed E-state index contributed by atoms with van der Waals surface area (Å²) in [6.45, 7) is 2.88. The highest BCUT2D eigenvalue weighted by Crippen LogP contribution is 2.27. The average molecular weight is 340 g/mol. The van der Waals surface area contributed by atoms with Crippen LogP contribution in [0, 0.1) is 0 Å². The SMILES string of the molecule is CCc1nn(C)c(CNc2ccccc2SC)c1Br. The summed E-state index contributed by atoms with van der Waals surface area (Å²) >= 11 is 5.39. The molecule has 0 radical (unpaired) electrons. The fraction of sp³-hybridized carbons (Fsp3) is 0.357. The van der Waals surface area contributed by atoms with Gasteiger partial charge >= 0.3 is 0 Å². The lowest BCUT2D eigenvalue weighted by Gasteiger charge is -2.10. The molecule has 0 amide bonds. The number of halogens is 1. The molecule has 0 aliphatic heterocycles. The molecule has 0 saturated heterocycles. The Morgan fingerprint density at radius 2 is 2.11 bits per heavy atom. The molecular weight excluding hydrogens is 322 g/mol. The Morgan fingerprint density at radius 3 is 2.74 bits per heavy atom. The molecule has 0 spiro atoms. The van der Waals surface area contributed by atoms with Gasteiger partial charge in [-0.1, -0.05) is 19.1 Å². The smallest absolute Gasteiger partial charge is 0.0767 e. The second-order valence-corrected chi connectivity index (χ2v) is 5.88. The van der Waals surface area contributed by atoms with Crippen LogP contribution in [0.25, 0.3) is 0 Å². The van der Waals surface area contributed by atoms with Crippen LogP contribution in [0.1, 0.15) is 18.3 Å². The number of para-hydroxylation sites is 1. The number of aromatic nitrogens is 2. The number of hydrogen-bond donors (Lipinski definition) is 1. The van der Waals surface area contributed by atoms with Crippen LogP contribution >= 0.6 is 27.7 Å². The van der Waals surface area contributed by atoms with Crippen molar-refractivity contribution in [2.75, 3.05) is 11.6 Å². The molecule has 1 aromatic carbocycles. The fourth-order valence-corrected chi connectivity index (χ4v) is 3.31. The zero-order chi connectivity index (χ0) is 13.8. The van der Waals surface area contributed by atoms with Gasteiger partial charge in [-0.2, -0.15) is 5.10 Å². The molecule has 0 atom stereocenters. The molecule has 0 aliphatic rings. The molecule has 0 aliphatic carbocycles. The summed E-state index contributed by atoms with van der Waals surface area (Å²) in [5.74, 6) is 0. The number of benzene rings is 1. The standard InChI is InChI=1S/C14H18BrN3S/c1-4-10-14(15)12(18(2)17-10)9-16-11-7-5-6-8-13(11)19-3/h5-8,16H,4,9H2,1-3H3. The molecule has 1 N–H and O–H groups in total. The zero-order valence-electron chi connectivity index (χ0n) is 11.4. The van der Waals surface area contributed by atoms with Gasteiger partial charge in [0, 0.05) is 17.6 Å². The molecule has 3 nitrogen and oxygen atoms in total. The van der Waals surface area contributed by atoms with Crippen molar-refractivity contribution in [2.24, 2.45) is 7.05 Å². The third-order valence-corrected chi connectivity index (χ3v) is 4.77. The summed E-state index contributed by atoms with van der Waals surface area (Å²) in [5, 5.41) is 8.00. The molecule has 0 fully saturated rings. The fourth-order valence-electron chi connectivity index (χ4n) is 1.98. The highest BCUT2D eigenvalue weighted by Gasteiger charge is 2.12. The molecular formula is C14H18BrN3S. The number of rotatable bonds is 5. The summed E-state index contributed by atoms with van der Waals surface area (Å²) < 4.78 is 3.06. The van der Waals surface area contributed by atoms with Gasteiger partial charge in [-0.3, -0.25) is 4.68 Å². The summed E-state index contributed by atoms with van der Waals surface area (Å²) in [4.78, 5) is 1.26. The predicted molar refractivity (Wildman–Crippen MR) is 85.8 cm³/mol. The minimum absolute atomic E-state index is 0.766. The Labute approximate surface area is 126 Å². The van der Waals surface area contributed by atoms with Crippen LogP contribution in [0.3, 0.4) is 0 Å². The van der Waals surface area contributed by atoms with Crippen LogP contribution < -0.4 is 5.32 Å². The van der Waals surface area contributed by atoms with Crippen LogP contribution in [-0.4, -0.2) is 16.0 Å². The van der Waals surface area contributed by atoms with Crippen LogP contribution in [0.15, 0.2) is 33.6 Å². The van der Waals surface area contributed by atoms with Gasteiger partial charge in [-0.15, -0.1) is 11.8 Å². The van der Waals surface area contributed by atoms with Crippen LogP contribution in [0.5, 0.6) is 0 Å². The first-order valence-electron chi connectivity index (χ1n) is 6.24. The third kappa shape index (κ3) is 3.15. The second kappa shape index (κ2) is 6.48. The molecule has 1 aromatic heterocycles. The van der Waals surface area contributed by atoms with E-state index in [9.17, 15) is 0 Å². The van der Waals surface area contributed by atoms with Gasteiger partial charge in [0.2, 0.25) is 0 Å². The van der Waals surface area contributed by atoms with Crippen molar-refractivity contribution in [3.05, 3.63) is 40.1 Å². The maximum atomic E-state index is 4.51. The lowest BCUT2D eigenvalue weighted by Crippen LogP contribution is -2.06. The summed E-state index contributed by atoms with van der Waals surface area (Å²) in [5.41, 5.74) is 3.45. The topological polar surface area (TPSA) is 29.9 Å². The zero-order valence-corrected chi connectivity index (χ0v) is 13.8. The van der Waals surface area contributed by atoms with Crippen molar-refractivity contribution in [2.45, 2.75) is 24.8 Å². The van der Waals surface area contributed by atoms with E-state index < -0.39 is 0 Å². The molecule has 2 aromatic rings. The number of aryl methyl sites for hydroxylation is 2. The Hall–Kier alpha value is -0.940. The van der Waals surface area contributed by atoms with E-state index >= 15 is 0 Å². The highest BCUT2D eigenvalue weighted by molar-refractivity contribution is 9.10. The van der Waals surface area contributed by atoms with Gasteiger partial charge in [-0.25, -0.2) is 0 Å². The summed E-state index contributed by atoms with van der Waals surface area (Å²) in [6.07, 6.45) is 3.03. The van der Waals surface area contributed by atoms with E-state index in [-0.39, 0.29) is 0 Å². The van der Waals surface area contributed by atoms with E-state index in [1.807, 2.05) is 11.7 Å². The Balaban J connectivity index is 2.17. The van der Waals surface area contributed by atoms with Crippen LogP contribution in [0.2, 0.25) is 0 Å². The Morgan fingerprint density at radius 1 is 1.37 bits per heavy atom. The minimum atomic E-state index is 0.766. The first kappa shape index (κ1) is 14.5.